The third-order valence-corrected chi connectivity index (χ3v) is 6.37. The van der Waals surface area contributed by atoms with Gasteiger partial charge in [0.1, 0.15) is 54.0 Å². The number of carbonyl (C=O) groups is 4. The zero-order valence-electron chi connectivity index (χ0n) is 24.8. The second kappa shape index (κ2) is 15.4. The normalized spacial score (nSPS) is 18.8. The average Bonchev–Trinajstić information content (AvgIpc) is 3.44. The minimum atomic E-state index is -1.09. The van der Waals surface area contributed by atoms with Crippen molar-refractivity contribution >= 4 is 40.7 Å². The molecular weight excluding hydrogens is 612 g/mol. The number of furan rings is 1. The largest absolute Gasteiger partial charge is 0.514 e. The molecule has 4 rings (SSSR count). The number of hydrogen-bond donors (Lipinski definition) is 0. The first-order valence-electron chi connectivity index (χ1n) is 13.7. The van der Waals surface area contributed by atoms with Gasteiger partial charge >= 0.3 is 24.1 Å². The van der Waals surface area contributed by atoms with Gasteiger partial charge in [0.05, 0.1) is 18.4 Å². The van der Waals surface area contributed by atoms with E-state index in [0.717, 1.165) is 0 Å². The first kappa shape index (κ1) is 33.2. The lowest BCUT2D eigenvalue weighted by molar-refractivity contribution is -0.245. The van der Waals surface area contributed by atoms with Gasteiger partial charge in [-0.1, -0.05) is 5.11 Å². The molecule has 1 aliphatic heterocycles. The van der Waals surface area contributed by atoms with Crippen LogP contribution in [-0.4, -0.2) is 55.3 Å². The van der Waals surface area contributed by atoms with E-state index in [-0.39, 0.29) is 54.7 Å². The molecular formula is C29H28N4O13. The molecule has 0 unspecified atom stereocenters. The Hall–Kier alpha value is -5.67. The van der Waals surface area contributed by atoms with Crippen molar-refractivity contribution in [3.8, 4) is 11.5 Å². The van der Waals surface area contributed by atoms with Crippen LogP contribution in [0.1, 0.15) is 38.5 Å². The molecule has 3 aromatic rings. The SMILES string of the molecule is CC(=O)OC[C@H]1O[C@@H](Oc2ccc(COC(=O)Oc3ccc(N=O)cc3)c3oc(CN=[N+]=[N-])cc23)C[C@@H](OC(C)=O)[C@H]1OC(C)=O. The van der Waals surface area contributed by atoms with E-state index in [4.69, 9.17) is 43.1 Å². The summed E-state index contributed by atoms with van der Waals surface area (Å²) in [7, 11) is 0. The number of azide groups is 1. The molecule has 0 amide bonds. The molecule has 4 atom stereocenters. The van der Waals surface area contributed by atoms with E-state index >= 15 is 0 Å². The molecule has 1 aliphatic rings. The third kappa shape index (κ3) is 8.93. The van der Waals surface area contributed by atoms with Crippen LogP contribution in [0.2, 0.25) is 0 Å². The smallest absolute Gasteiger partial charge is 0.464 e. The molecule has 0 radical (unpaired) electrons. The van der Waals surface area contributed by atoms with Crippen LogP contribution < -0.4 is 9.47 Å². The van der Waals surface area contributed by atoms with Crippen molar-refractivity contribution in [1.82, 2.24) is 0 Å². The van der Waals surface area contributed by atoms with Crippen LogP contribution in [0.5, 0.6) is 11.5 Å². The first-order valence-corrected chi connectivity index (χ1v) is 13.7. The lowest BCUT2D eigenvalue weighted by atomic mass is 10.0. The quantitative estimate of drug-likeness (QED) is 0.0468. The van der Waals surface area contributed by atoms with Crippen molar-refractivity contribution in [3.05, 3.63) is 69.1 Å². The second-order valence-electron chi connectivity index (χ2n) is 9.78. The van der Waals surface area contributed by atoms with Crippen molar-refractivity contribution in [2.45, 2.75) is 64.9 Å². The summed E-state index contributed by atoms with van der Waals surface area (Å²) >= 11 is 0. The van der Waals surface area contributed by atoms with Crippen LogP contribution in [-0.2, 0) is 51.2 Å². The predicted octanol–water partition coefficient (Wildman–Crippen LogP) is 5.28. The number of benzene rings is 2. The van der Waals surface area contributed by atoms with Gasteiger partial charge in [-0.2, -0.15) is 0 Å². The Bertz CT molecular complexity index is 1650. The topological polar surface area (TPSA) is 224 Å². The summed E-state index contributed by atoms with van der Waals surface area (Å²) in [5.74, 6) is -1.30. The molecule has 46 heavy (non-hydrogen) atoms. The van der Waals surface area contributed by atoms with E-state index < -0.39 is 48.7 Å². The maximum atomic E-state index is 12.3. The third-order valence-electron chi connectivity index (χ3n) is 6.37. The van der Waals surface area contributed by atoms with Gasteiger partial charge in [-0.05, 0) is 53.2 Å². The number of ether oxygens (including phenoxy) is 7. The summed E-state index contributed by atoms with van der Waals surface area (Å²) in [5.41, 5.74) is 9.56. The fourth-order valence-corrected chi connectivity index (χ4v) is 4.55. The van der Waals surface area contributed by atoms with Gasteiger partial charge in [0, 0.05) is 31.2 Å². The fraction of sp³-hybridized carbons (Fsp3) is 0.379. The van der Waals surface area contributed by atoms with E-state index in [9.17, 15) is 24.1 Å². The van der Waals surface area contributed by atoms with Gasteiger partial charge in [-0.25, -0.2) is 4.79 Å². The van der Waals surface area contributed by atoms with E-state index in [0.29, 0.717) is 10.9 Å². The predicted molar refractivity (Wildman–Crippen MR) is 153 cm³/mol. The molecule has 0 bridgehead atoms. The highest BCUT2D eigenvalue weighted by atomic mass is 16.7. The molecule has 0 N–H and O–H groups in total. The van der Waals surface area contributed by atoms with Gasteiger partial charge in [-0.3, -0.25) is 14.4 Å². The number of rotatable bonds is 12. The summed E-state index contributed by atoms with van der Waals surface area (Å²) in [5, 5.41) is 6.68. The number of fused-ring (bicyclic) bond motifs is 1. The van der Waals surface area contributed by atoms with Crippen LogP contribution >= 0.6 is 0 Å². The van der Waals surface area contributed by atoms with E-state index in [2.05, 4.69) is 15.2 Å². The number of hydrogen-bond acceptors (Lipinski definition) is 15. The minimum Gasteiger partial charge on any atom is -0.464 e. The Kier molecular flexibility index (Phi) is 11.1. The highest BCUT2D eigenvalue weighted by molar-refractivity contribution is 5.87. The molecule has 0 spiro atoms. The molecule has 242 valence electrons. The lowest BCUT2D eigenvalue weighted by Gasteiger charge is -2.39. The summed E-state index contributed by atoms with van der Waals surface area (Å²) in [4.78, 5) is 60.9. The average molecular weight is 641 g/mol. The van der Waals surface area contributed by atoms with Crippen molar-refractivity contribution in [2.75, 3.05) is 6.61 Å². The molecule has 17 nitrogen and oxygen atoms in total. The summed E-state index contributed by atoms with van der Waals surface area (Å²) in [6.07, 6.45) is -5.35. The molecule has 1 fully saturated rings. The van der Waals surface area contributed by atoms with Crippen molar-refractivity contribution in [1.29, 1.82) is 0 Å². The standard InChI is InChI=1S/C29H28N4O13/c1-15(34)39-14-25-28(42-17(3)36)24(41-16(2)35)11-26(46-25)45-23-9-4-18(27-22(23)10-21(43-27)12-31-33-30)13-40-29(37)44-20-7-5-19(32-38)6-8-20/h4-10,24-26,28H,11-14H2,1-3H3/t24-,25-,26-,28-/m1/s1. The number of esters is 3. The van der Waals surface area contributed by atoms with Crippen molar-refractivity contribution < 1.29 is 56.8 Å². The van der Waals surface area contributed by atoms with E-state index in [1.54, 1.807) is 18.2 Å². The molecule has 2 heterocycles. The molecule has 1 saturated heterocycles. The van der Waals surface area contributed by atoms with Crippen LogP contribution in [0.15, 0.2) is 57.2 Å². The Morgan fingerprint density at radius 1 is 0.978 bits per heavy atom. The Labute approximate surface area is 260 Å². The summed E-state index contributed by atoms with van der Waals surface area (Å²) in [6.45, 7) is 2.80. The van der Waals surface area contributed by atoms with E-state index in [1.165, 1.54) is 45.0 Å². The van der Waals surface area contributed by atoms with Crippen molar-refractivity contribution in [2.24, 2.45) is 10.3 Å². The summed E-state index contributed by atoms with van der Waals surface area (Å²) < 4.78 is 44.2. The fourth-order valence-electron chi connectivity index (χ4n) is 4.55. The van der Waals surface area contributed by atoms with Crippen LogP contribution in [0, 0.1) is 4.91 Å². The zero-order chi connectivity index (χ0) is 33.2. The van der Waals surface area contributed by atoms with Crippen LogP contribution in [0.25, 0.3) is 21.4 Å². The second-order valence-corrected chi connectivity index (χ2v) is 9.78. The molecule has 0 saturated carbocycles. The van der Waals surface area contributed by atoms with Gasteiger partial charge in [0.25, 0.3) is 0 Å². The number of carbonyl (C=O) groups excluding carboxylic acids is 4. The molecule has 2 aromatic carbocycles. The maximum absolute atomic E-state index is 12.3. The van der Waals surface area contributed by atoms with Gasteiger partial charge in [0.15, 0.2) is 6.10 Å². The van der Waals surface area contributed by atoms with Crippen LogP contribution in [0.3, 0.4) is 0 Å². The highest BCUT2D eigenvalue weighted by Gasteiger charge is 2.44. The number of nitrogens with zero attached hydrogens (tertiary/aromatic N) is 4. The lowest BCUT2D eigenvalue weighted by Crippen LogP contribution is -2.54. The van der Waals surface area contributed by atoms with Crippen molar-refractivity contribution in [3.63, 3.8) is 0 Å². The van der Waals surface area contributed by atoms with Gasteiger partial charge < -0.3 is 37.6 Å². The first-order chi connectivity index (χ1) is 22.1. The number of nitroso groups, excluding NO2 is 1. The molecule has 17 heteroatoms. The van der Waals surface area contributed by atoms with Gasteiger partial charge in [0.2, 0.25) is 6.29 Å². The van der Waals surface area contributed by atoms with Crippen LogP contribution in [0.4, 0.5) is 10.5 Å². The molecule has 0 aliphatic carbocycles. The Balaban J connectivity index is 1.57. The van der Waals surface area contributed by atoms with E-state index in [1.807, 2.05) is 0 Å². The highest BCUT2D eigenvalue weighted by Crippen LogP contribution is 2.36. The monoisotopic (exact) mass is 640 g/mol. The maximum Gasteiger partial charge on any atom is 0.514 e. The Morgan fingerprint density at radius 3 is 2.37 bits per heavy atom. The minimum absolute atomic E-state index is 0.0698. The van der Waals surface area contributed by atoms with Gasteiger partial charge in [-0.15, -0.1) is 4.91 Å². The molecule has 1 aromatic heterocycles. The Morgan fingerprint density at radius 2 is 1.72 bits per heavy atom. The summed E-state index contributed by atoms with van der Waals surface area (Å²) in [6, 6.07) is 10.2. The zero-order valence-corrected chi connectivity index (χ0v) is 24.8.